The number of esters is 1. The normalized spacial score (nSPS) is 13.0. The van der Waals surface area contributed by atoms with Gasteiger partial charge in [0.2, 0.25) is 0 Å². The minimum absolute atomic E-state index is 0.263. The molecule has 0 aliphatic heterocycles. The maximum absolute atomic E-state index is 12.8. The molecule has 112 valence electrons. The van der Waals surface area contributed by atoms with Crippen LogP contribution in [0.25, 0.3) is 0 Å². The summed E-state index contributed by atoms with van der Waals surface area (Å²) in [6.45, 7) is 3.79. The zero-order valence-electron chi connectivity index (χ0n) is 12.4. The van der Waals surface area contributed by atoms with E-state index in [-0.39, 0.29) is 5.78 Å². The lowest BCUT2D eigenvalue weighted by molar-refractivity contribution is -0.144. The van der Waals surface area contributed by atoms with Gasteiger partial charge in [-0.15, -0.1) is 6.58 Å². The Bertz CT molecular complexity index is 647. The van der Waals surface area contributed by atoms with Gasteiger partial charge in [-0.3, -0.25) is 9.59 Å². The summed E-state index contributed by atoms with van der Waals surface area (Å²) < 4.78 is 4.85. The number of carbonyl (C=O) groups is 2. The molecule has 2 aromatic rings. The molecule has 0 spiro atoms. The molecule has 3 nitrogen and oxygen atoms in total. The van der Waals surface area contributed by atoms with Gasteiger partial charge in [0.25, 0.3) is 0 Å². The zero-order valence-corrected chi connectivity index (χ0v) is 12.4. The monoisotopic (exact) mass is 294 g/mol. The smallest absolute Gasteiger partial charge is 0.317 e. The van der Waals surface area contributed by atoms with Crippen molar-refractivity contribution in [3.63, 3.8) is 0 Å². The van der Waals surface area contributed by atoms with Crippen molar-refractivity contribution in [2.24, 2.45) is 5.92 Å². The van der Waals surface area contributed by atoms with Crippen LogP contribution in [0.15, 0.2) is 73.3 Å². The molecule has 0 saturated carbocycles. The van der Waals surface area contributed by atoms with Crippen LogP contribution in [-0.2, 0) is 9.53 Å². The van der Waals surface area contributed by atoms with E-state index in [2.05, 4.69) is 6.58 Å². The van der Waals surface area contributed by atoms with Crippen LogP contribution in [0.4, 0.5) is 0 Å². The number of Topliss-reactive ketones (excluding diaryl/α,β-unsaturated/α-hetero) is 1. The highest BCUT2D eigenvalue weighted by Gasteiger charge is 2.35. The first kappa shape index (κ1) is 15.7. The lowest BCUT2D eigenvalue weighted by atomic mass is 9.81. The molecule has 0 amide bonds. The van der Waals surface area contributed by atoms with Gasteiger partial charge < -0.3 is 4.74 Å². The molecular formula is C19H18O3. The Morgan fingerprint density at radius 1 is 1.00 bits per heavy atom. The quantitative estimate of drug-likeness (QED) is 0.354. The van der Waals surface area contributed by atoms with Gasteiger partial charge in [0, 0.05) is 11.5 Å². The first-order valence-electron chi connectivity index (χ1n) is 7.03. The molecule has 0 radical (unpaired) electrons. The van der Waals surface area contributed by atoms with Crippen molar-refractivity contribution in [2.75, 3.05) is 7.11 Å². The van der Waals surface area contributed by atoms with Crippen molar-refractivity contribution in [1.82, 2.24) is 0 Å². The molecule has 0 aromatic heterocycles. The van der Waals surface area contributed by atoms with Gasteiger partial charge in [0.05, 0.1) is 7.11 Å². The van der Waals surface area contributed by atoms with Gasteiger partial charge in [-0.05, 0) is 5.56 Å². The van der Waals surface area contributed by atoms with Crippen LogP contribution in [0.2, 0.25) is 0 Å². The summed E-state index contributed by atoms with van der Waals surface area (Å²) in [6, 6.07) is 18.1. The van der Waals surface area contributed by atoms with Gasteiger partial charge in [0.15, 0.2) is 5.78 Å². The third kappa shape index (κ3) is 3.31. The van der Waals surface area contributed by atoms with E-state index in [1.807, 2.05) is 36.4 Å². The molecule has 3 heteroatoms. The van der Waals surface area contributed by atoms with Crippen LogP contribution in [0.1, 0.15) is 21.8 Å². The van der Waals surface area contributed by atoms with Gasteiger partial charge in [-0.1, -0.05) is 66.7 Å². The molecular weight excluding hydrogens is 276 g/mol. The maximum atomic E-state index is 12.8. The molecule has 2 atom stereocenters. The maximum Gasteiger partial charge on any atom is 0.317 e. The van der Waals surface area contributed by atoms with E-state index >= 15 is 0 Å². The summed E-state index contributed by atoms with van der Waals surface area (Å²) in [6.07, 6.45) is 1.62. The lowest BCUT2D eigenvalue weighted by Gasteiger charge is -2.22. The predicted octanol–water partition coefficient (Wildman–Crippen LogP) is 3.63. The molecule has 2 rings (SSSR count). The van der Waals surface area contributed by atoms with Crippen molar-refractivity contribution in [3.05, 3.63) is 84.4 Å². The molecule has 0 heterocycles. The molecule has 2 aromatic carbocycles. The SMILES string of the molecule is C=C[C@@H](c1ccccc1)[C@@H](C(=O)OC)C(=O)c1ccccc1. The number of rotatable bonds is 6. The molecule has 0 aliphatic rings. The van der Waals surface area contributed by atoms with Crippen LogP contribution >= 0.6 is 0 Å². The summed E-state index contributed by atoms with van der Waals surface area (Å²) >= 11 is 0. The van der Waals surface area contributed by atoms with Crippen LogP contribution in [0.5, 0.6) is 0 Å². The summed E-state index contributed by atoms with van der Waals surface area (Å²) in [5.74, 6) is -2.18. The Kier molecular flexibility index (Phi) is 5.26. The standard InChI is InChI=1S/C19H18O3/c1-3-16(14-10-6-4-7-11-14)17(19(21)22-2)18(20)15-12-8-5-9-13-15/h3-13,16-17H,1H2,2H3/t16-,17+/m0/s1. The van der Waals surface area contributed by atoms with Crippen molar-refractivity contribution in [2.45, 2.75) is 5.92 Å². The highest BCUT2D eigenvalue weighted by atomic mass is 16.5. The summed E-state index contributed by atoms with van der Waals surface area (Å²) in [5.41, 5.74) is 1.35. The second kappa shape index (κ2) is 7.36. The second-order valence-electron chi connectivity index (χ2n) is 4.90. The molecule has 22 heavy (non-hydrogen) atoms. The van der Waals surface area contributed by atoms with E-state index in [4.69, 9.17) is 4.74 Å². The minimum atomic E-state index is -0.938. The number of ketones is 1. The number of hydrogen-bond donors (Lipinski definition) is 0. The second-order valence-corrected chi connectivity index (χ2v) is 4.90. The van der Waals surface area contributed by atoms with Crippen molar-refractivity contribution in [3.8, 4) is 0 Å². The van der Waals surface area contributed by atoms with Gasteiger partial charge in [-0.25, -0.2) is 0 Å². The topological polar surface area (TPSA) is 43.4 Å². The first-order valence-corrected chi connectivity index (χ1v) is 7.03. The number of benzene rings is 2. The van der Waals surface area contributed by atoms with E-state index in [9.17, 15) is 9.59 Å². The van der Waals surface area contributed by atoms with E-state index < -0.39 is 17.8 Å². The fourth-order valence-corrected chi connectivity index (χ4v) is 2.47. The summed E-state index contributed by atoms with van der Waals surface area (Å²) in [7, 11) is 1.29. The van der Waals surface area contributed by atoms with E-state index in [1.165, 1.54) is 7.11 Å². The highest BCUT2D eigenvalue weighted by molar-refractivity contribution is 6.09. The molecule has 0 saturated heterocycles. The number of ether oxygens (including phenoxy) is 1. The van der Waals surface area contributed by atoms with Gasteiger partial charge in [0.1, 0.15) is 5.92 Å². The molecule has 0 bridgehead atoms. The molecule has 0 N–H and O–H groups in total. The number of hydrogen-bond acceptors (Lipinski definition) is 3. The van der Waals surface area contributed by atoms with Gasteiger partial charge >= 0.3 is 5.97 Å². The summed E-state index contributed by atoms with van der Waals surface area (Å²) in [5, 5.41) is 0. The van der Waals surface area contributed by atoms with E-state index in [0.29, 0.717) is 5.56 Å². The fourth-order valence-electron chi connectivity index (χ4n) is 2.47. The zero-order chi connectivity index (χ0) is 15.9. The number of methoxy groups -OCH3 is 1. The Hall–Kier alpha value is -2.68. The van der Waals surface area contributed by atoms with E-state index in [1.54, 1.807) is 30.3 Å². The third-order valence-electron chi connectivity index (χ3n) is 3.59. The van der Waals surface area contributed by atoms with Crippen LogP contribution in [-0.4, -0.2) is 18.9 Å². The number of carbonyl (C=O) groups excluding carboxylic acids is 2. The summed E-state index contributed by atoms with van der Waals surface area (Å²) in [4.78, 5) is 25.0. The Labute approximate surface area is 130 Å². The van der Waals surface area contributed by atoms with E-state index in [0.717, 1.165) is 5.56 Å². The third-order valence-corrected chi connectivity index (χ3v) is 3.59. The van der Waals surface area contributed by atoms with Crippen LogP contribution < -0.4 is 0 Å². The average Bonchev–Trinajstić information content (AvgIpc) is 2.60. The first-order chi connectivity index (χ1) is 10.7. The molecule has 0 unspecified atom stereocenters. The Balaban J connectivity index is 2.43. The minimum Gasteiger partial charge on any atom is -0.468 e. The largest absolute Gasteiger partial charge is 0.468 e. The lowest BCUT2D eigenvalue weighted by Crippen LogP contribution is -2.30. The highest BCUT2D eigenvalue weighted by Crippen LogP contribution is 2.29. The van der Waals surface area contributed by atoms with Gasteiger partial charge in [-0.2, -0.15) is 0 Å². The average molecular weight is 294 g/mol. The number of allylic oxidation sites excluding steroid dienone is 1. The molecule has 0 aliphatic carbocycles. The van der Waals surface area contributed by atoms with Crippen molar-refractivity contribution >= 4 is 11.8 Å². The van der Waals surface area contributed by atoms with Crippen molar-refractivity contribution < 1.29 is 14.3 Å². The van der Waals surface area contributed by atoms with Crippen LogP contribution in [0, 0.1) is 5.92 Å². The Morgan fingerprint density at radius 3 is 2.05 bits per heavy atom. The van der Waals surface area contributed by atoms with Crippen LogP contribution in [0.3, 0.4) is 0 Å². The predicted molar refractivity (Wildman–Crippen MR) is 85.7 cm³/mol. The Morgan fingerprint density at radius 2 is 1.55 bits per heavy atom. The van der Waals surface area contributed by atoms with Crippen molar-refractivity contribution in [1.29, 1.82) is 0 Å². The fraction of sp³-hybridized carbons (Fsp3) is 0.158. The molecule has 0 fully saturated rings.